The van der Waals surface area contributed by atoms with Gasteiger partial charge >= 0.3 is 6.18 Å². The molecule has 5 nitrogen and oxygen atoms in total. The number of aromatic nitrogens is 4. The average molecular weight is 377 g/mol. The van der Waals surface area contributed by atoms with Gasteiger partial charge in [-0.05, 0) is 19.3 Å². The van der Waals surface area contributed by atoms with Crippen LogP contribution in [0.5, 0.6) is 0 Å². The van der Waals surface area contributed by atoms with E-state index in [1.54, 1.807) is 10.6 Å². The van der Waals surface area contributed by atoms with Crippen LogP contribution in [0.1, 0.15) is 37.5 Å². The Morgan fingerprint density at radius 2 is 2.12 bits per heavy atom. The first kappa shape index (κ1) is 15.9. The largest absolute Gasteiger partial charge is 0.391 e. The molecule has 24 heavy (non-hydrogen) atoms. The first-order chi connectivity index (χ1) is 11.4. The molecule has 0 radical (unpaired) electrons. The summed E-state index contributed by atoms with van der Waals surface area (Å²) in [7, 11) is 0. The highest BCUT2D eigenvalue weighted by Gasteiger charge is 2.43. The molecule has 1 aliphatic carbocycles. The van der Waals surface area contributed by atoms with Gasteiger partial charge in [0.1, 0.15) is 5.69 Å². The molecule has 0 N–H and O–H groups in total. The molecule has 0 amide bonds. The lowest BCUT2D eigenvalue weighted by atomic mass is 9.81. The van der Waals surface area contributed by atoms with E-state index in [-0.39, 0.29) is 35.6 Å². The van der Waals surface area contributed by atoms with E-state index in [1.165, 1.54) is 11.3 Å². The normalized spacial score (nSPS) is 22.3. The van der Waals surface area contributed by atoms with Crippen LogP contribution in [0, 0.1) is 5.92 Å². The van der Waals surface area contributed by atoms with Crippen LogP contribution >= 0.6 is 22.9 Å². The van der Waals surface area contributed by atoms with E-state index in [4.69, 9.17) is 16.1 Å². The van der Waals surface area contributed by atoms with E-state index in [0.717, 1.165) is 0 Å². The van der Waals surface area contributed by atoms with Crippen LogP contribution in [0.3, 0.4) is 0 Å². The van der Waals surface area contributed by atoms with E-state index in [0.29, 0.717) is 23.5 Å². The van der Waals surface area contributed by atoms with Crippen molar-refractivity contribution in [3.05, 3.63) is 22.6 Å². The van der Waals surface area contributed by atoms with Gasteiger partial charge in [0.05, 0.1) is 5.92 Å². The fraction of sp³-hybridized carbons (Fsp3) is 0.500. The maximum absolute atomic E-state index is 13.0. The van der Waals surface area contributed by atoms with Gasteiger partial charge in [0.25, 0.3) is 0 Å². The average Bonchev–Trinajstić information content (AvgIpc) is 3.22. The topological polar surface area (TPSA) is 56.2 Å². The van der Waals surface area contributed by atoms with Crippen LogP contribution in [0.25, 0.3) is 16.5 Å². The second-order valence-electron chi connectivity index (χ2n) is 5.87. The number of imidazole rings is 1. The van der Waals surface area contributed by atoms with Gasteiger partial charge in [-0.2, -0.15) is 18.2 Å². The summed E-state index contributed by atoms with van der Waals surface area (Å²) in [5, 5.41) is 5.99. The number of nitrogens with zero attached hydrogens (tertiary/aromatic N) is 4. The molecule has 1 saturated carbocycles. The quantitative estimate of drug-likeness (QED) is 0.636. The molecule has 3 aromatic heterocycles. The van der Waals surface area contributed by atoms with Gasteiger partial charge in [0.2, 0.25) is 11.7 Å². The van der Waals surface area contributed by atoms with Crippen molar-refractivity contribution in [1.82, 2.24) is 19.5 Å². The van der Waals surface area contributed by atoms with Gasteiger partial charge in [-0.15, -0.1) is 11.3 Å². The summed E-state index contributed by atoms with van der Waals surface area (Å²) < 4.78 is 45.9. The molecule has 3 aromatic rings. The molecule has 128 valence electrons. The molecule has 0 saturated heterocycles. The molecule has 2 unspecified atom stereocenters. The van der Waals surface area contributed by atoms with Crippen molar-refractivity contribution in [3.63, 3.8) is 0 Å². The van der Waals surface area contributed by atoms with Gasteiger partial charge in [0.15, 0.2) is 10.1 Å². The van der Waals surface area contributed by atoms with Crippen LogP contribution in [-0.2, 0) is 0 Å². The molecular weight excluding hydrogens is 365 g/mol. The Bertz CT molecular complexity index is 871. The fourth-order valence-electron chi connectivity index (χ4n) is 3.17. The minimum Gasteiger partial charge on any atom is -0.339 e. The van der Waals surface area contributed by atoms with Gasteiger partial charge in [-0.25, -0.2) is 4.98 Å². The lowest BCUT2D eigenvalue weighted by Crippen LogP contribution is -2.28. The molecule has 0 bridgehead atoms. The lowest BCUT2D eigenvalue weighted by Gasteiger charge is -2.28. The number of thiazole rings is 1. The summed E-state index contributed by atoms with van der Waals surface area (Å²) in [6.45, 7) is 0. The third kappa shape index (κ3) is 2.69. The Balaban J connectivity index is 1.63. The molecule has 10 heteroatoms. The third-order valence-electron chi connectivity index (χ3n) is 4.36. The van der Waals surface area contributed by atoms with E-state index in [2.05, 4.69) is 15.1 Å². The minimum absolute atomic E-state index is 0.0147. The van der Waals surface area contributed by atoms with E-state index >= 15 is 0 Å². The monoisotopic (exact) mass is 376 g/mol. The van der Waals surface area contributed by atoms with E-state index < -0.39 is 12.1 Å². The second kappa shape index (κ2) is 5.73. The molecule has 4 rings (SSSR count). The minimum atomic E-state index is -4.18. The number of halogens is 4. The fourth-order valence-corrected chi connectivity index (χ4v) is 4.19. The van der Waals surface area contributed by atoms with Gasteiger partial charge in [-0.3, -0.25) is 4.40 Å². The zero-order chi connectivity index (χ0) is 16.9. The van der Waals surface area contributed by atoms with Crippen molar-refractivity contribution in [3.8, 4) is 11.5 Å². The smallest absolute Gasteiger partial charge is 0.339 e. The number of fused-ring (bicyclic) bond motifs is 1. The first-order valence-corrected chi connectivity index (χ1v) is 8.71. The maximum Gasteiger partial charge on any atom is 0.391 e. The SMILES string of the molecule is FC(F)(F)C1CCCC(c2nc(-c3c(Cl)nc4sccn34)no2)C1. The van der Waals surface area contributed by atoms with Crippen molar-refractivity contribution >= 4 is 27.9 Å². The zero-order valence-electron chi connectivity index (χ0n) is 12.3. The molecule has 2 atom stereocenters. The summed E-state index contributed by atoms with van der Waals surface area (Å²) in [5.41, 5.74) is 0.492. The summed E-state index contributed by atoms with van der Waals surface area (Å²) in [5.74, 6) is -1.21. The lowest BCUT2D eigenvalue weighted by molar-refractivity contribution is -0.183. The van der Waals surface area contributed by atoms with Crippen LogP contribution in [0.15, 0.2) is 16.1 Å². The Labute approximate surface area is 143 Å². The van der Waals surface area contributed by atoms with E-state index in [9.17, 15) is 13.2 Å². The zero-order valence-corrected chi connectivity index (χ0v) is 13.8. The Kier molecular flexibility index (Phi) is 3.80. The number of alkyl halides is 3. The number of hydrogen-bond acceptors (Lipinski definition) is 5. The number of hydrogen-bond donors (Lipinski definition) is 0. The second-order valence-corrected chi connectivity index (χ2v) is 7.10. The molecule has 3 heterocycles. The molecule has 0 aromatic carbocycles. The van der Waals surface area contributed by atoms with Crippen molar-refractivity contribution in [2.75, 3.05) is 0 Å². The molecular formula is C14H12ClF3N4OS. The highest BCUT2D eigenvalue weighted by atomic mass is 35.5. The van der Waals surface area contributed by atoms with Crippen molar-refractivity contribution in [2.45, 2.75) is 37.8 Å². The first-order valence-electron chi connectivity index (χ1n) is 7.45. The molecule has 0 aliphatic heterocycles. The molecule has 0 spiro atoms. The Morgan fingerprint density at radius 3 is 2.92 bits per heavy atom. The number of rotatable bonds is 2. The summed E-state index contributed by atoms with van der Waals surface area (Å²) in [6, 6.07) is 0. The van der Waals surface area contributed by atoms with Crippen LogP contribution in [-0.4, -0.2) is 25.7 Å². The predicted octanol–water partition coefficient (Wildman–Crippen LogP) is 4.94. The summed E-state index contributed by atoms with van der Waals surface area (Å²) >= 11 is 7.54. The molecule has 1 fully saturated rings. The molecule has 1 aliphatic rings. The third-order valence-corrected chi connectivity index (χ3v) is 5.38. The predicted molar refractivity (Wildman–Crippen MR) is 82.1 cm³/mol. The maximum atomic E-state index is 13.0. The van der Waals surface area contributed by atoms with Crippen LogP contribution in [0.2, 0.25) is 5.15 Å². The van der Waals surface area contributed by atoms with Crippen LogP contribution in [0.4, 0.5) is 13.2 Å². The van der Waals surface area contributed by atoms with Crippen molar-refractivity contribution < 1.29 is 17.7 Å². The Hall–Kier alpha value is -1.61. The van der Waals surface area contributed by atoms with Crippen LogP contribution < -0.4 is 0 Å². The highest BCUT2D eigenvalue weighted by molar-refractivity contribution is 7.15. The van der Waals surface area contributed by atoms with E-state index in [1.807, 2.05) is 5.38 Å². The highest BCUT2D eigenvalue weighted by Crippen LogP contribution is 2.43. The van der Waals surface area contributed by atoms with Gasteiger partial charge in [0, 0.05) is 17.5 Å². The standard InChI is InChI=1S/C14H12ClF3N4OS/c15-10-9(22-4-5-24-13(22)19-10)11-20-12(23-21-11)7-2-1-3-8(6-7)14(16,17)18/h4-5,7-8H,1-3,6H2. The Morgan fingerprint density at radius 1 is 1.29 bits per heavy atom. The summed E-state index contributed by atoms with van der Waals surface area (Å²) in [4.78, 5) is 9.18. The summed E-state index contributed by atoms with van der Waals surface area (Å²) in [6.07, 6.45) is -1.15. The van der Waals surface area contributed by atoms with Crippen molar-refractivity contribution in [1.29, 1.82) is 0 Å². The van der Waals surface area contributed by atoms with Gasteiger partial charge < -0.3 is 4.52 Å². The van der Waals surface area contributed by atoms with Gasteiger partial charge in [-0.1, -0.05) is 23.2 Å². The van der Waals surface area contributed by atoms with Crippen molar-refractivity contribution in [2.24, 2.45) is 5.92 Å².